The number of nitrogens with zero attached hydrogens (tertiary/aromatic N) is 3. The monoisotopic (exact) mass is 393 g/mol. The van der Waals surface area contributed by atoms with E-state index in [9.17, 15) is 5.11 Å². The minimum Gasteiger partial charge on any atom is -0.391 e. The number of aliphatic hydroxyl groups excluding tert-OH is 1. The molecule has 0 spiro atoms. The highest BCUT2D eigenvalue weighted by molar-refractivity contribution is 7.22. The van der Waals surface area contributed by atoms with Crippen molar-refractivity contribution in [2.24, 2.45) is 11.8 Å². The molecule has 2 saturated heterocycles. The van der Waals surface area contributed by atoms with Crippen LogP contribution in [0.5, 0.6) is 0 Å². The van der Waals surface area contributed by atoms with Gasteiger partial charge in [0.15, 0.2) is 5.13 Å². The van der Waals surface area contributed by atoms with Crippen molar-refractivity contribution < 1.29 is 9.84 Å². The SMILES string of the molecule is O[C@@H]1C[C@H]2CN(c3nc4ccc(Cl)cc4s3)C[C@H]2C[C@H]1N1CCOCC1. The molecule has 2 aliphatic heterocycles. The number of aliphatic hydroxyl groups is 1. The number of benzene rings is 1. The van der Waals surface area contributed by atoms with E-state index in [0.717, 1.165) is 72.6 Å². The second-order valence-corrected chi connectivity index (χ2v) is 9.23. The fourth-order valence-electron chi connectivity index (χ4n) is 4.89. The van der Waals surface area contributed by atoms with Crippen LogP contribution in [0.3, 0.4) is 0 Å². The van der Waals surface area contributed by atoms with Gasteiger partial charge in [-0.3, -0.25) is 4.90 Å². The van der Waals surface area contributed by atoms with Gasteiger partial charge in [-0.05, 0) is 42.9 Å². The van der Waals surface area contributed by atoms with Crippen LogP contribution in [0.25, 0.3) is 10.2 Å². The van der Waals surface area contributed by atoms with Gasteiger partial charge in [-0.25, -0.2) is 4.98 Å². The van der Waals surface area contributed by atoms with Crippen molar-refractivity contribution in [2.45, 2.75) is 25.0 Å². The molecule has 0 bridgehead atoms. The zero-order chi connectivity index (χ0) is 17.7. The number of halogens is 1. The zero-order valence-electron chi connectivity index (χ0n) is 14.7. The minimum absolute atomic E-state index is 0.219. The number of aromatic nitrogens is 1. The van der Waals surface area contributed by atoms with Crippen molar-refractivity contribution in [2.75, 3.05) is 44.3 Å². The third kappa shape index (κ3) is 3.12. The second-order valence-electron chi connectivity index (χ2n) is 7.79. The van der Waals surface area contributed by atoms with E-state index >= 15 is 0 Å². The molecule has 2 aromatic rings. The largest absolute Gasteiger partial charge is 0.391 e. The predicted octanol–water partition coefficient (Wildman–Crippen LogP) is 2.86. The molecule has 1 aromatic carbocycles. The maximum atomic E-state index is 10.7. The Kier molecular flexibility index (Phi) is 4.57. The van der Waals surface area contributed by atoms with E-state index in [1.165, 1.54) is 0 Å². The van der Waals surface area contributed by atoms with E-state index in [-0.39, 0.29) is 12.1 Å². The average Bonchev–Trinajstić information content (AvgIpc) is 3.24. The Hall–Kier alpha value is -0.920. The first-order valence-electron chi connectivity index (χ1n) is 9.48. The molecule has 4 atom stereocenters. The molecule has 0 radical (unpaired) electrons. The van der Waals surface area contributed by atoms with E-state index in [1.807, 2.05) is 18.2 Å². The number of anilines is 1. The Morgan fingerprint density at radius 3 is 2.73 bits per heavy atom. The standard InChI is InChI=1S/C19H24ClN3O2S/c20-14-1-2-15-18(9-14)26-19(21-15)23-10-12-7-16(17(24)8-13(12)11-23)22-3-5-25-6-4-22/h1-2,9,12-13,16-17,24H,3-8,10-11H2/t12-,13+,16-,17-/m1/s1. The summed E-state index contributed by atoms with van der Waals surface area (Å²) in [6.07, 6.45) is 1.77. The van der Waals surface area contributed by atoms with Crippen molar-refractivity contribution in [1.29, 1.82) is 0 Å². The van der Waals surface area contributed by atoms with Crippen LogP contribution in [0.15, 0.2) is 18.2 Å². The molecule has 0 amide bonds. The van der Waals surface area contributed by atoms with Crippen molar-refractivity contribution in [3.05, 3.63) is 23.2 Å². The van der Waals surface area contributed by atoms with Crippen LogP contribution >= 0.6 is 22.9 Å². The maximum Gasteiger partial charge on any atom is 0.186 e. The number of thiazole rings is 1. The summed E-state index contributed by atoms with van der Waals surface area (Å²) in [4.78, 5) is 9.67. The van der Waals surface area contributed by atoms with Gasteiger partial charge < -0.3 is 14.7 Å². The number of fused-ring (bicyclic) bond motifs is 2. The molecule has 5 rings (SSSR count). The summed E-state index contributed by atoms with van der Waals surface area (Å²) < 4.78 is 6.62. The second kappa shape index (κ2) is 6.91. The molecule has 1 aromatic heterocycles. The highest BCUT2D eigenvalue weighted by atomic mass is 35.5. The smallest absolute Gasteiger partial charge is 0.186 e. The van der Waals surface area contributed by atoms with E-state index in [1.54, 1.807) is 11.3 Å². The first kappa shape index (κ1) is 17.2. The summed E-state index contributed by atoms with van der Waals surface area (Å²) in [5.74, 6) is 1.21. The van der Waals surface area contributed by atoms with Gasteiger partial charge in [0.05, 0.1) is 29.5 Å². The third-order valence-electron chi connectivity index (χ3n) is 6.23. The number of hydrogen-bond donors (Lipinski definition) is 1. The van der Waals surface area contributed by atoms with Gasteiger partial charge in [-0.1, -0.05) is 22.9 Å². The summed E-state index contributed by atoms with van der Waals surface area (Å²) >= 11 is 7.84. The van der Waals surface area contributed by atoms with Gasteiger partial charge >= 0.3 is 0 Å². The fraction of sp³-hybridized carbons (Fsp3) is 0.632. The highest BCUT2D eigenvalue weighted by Crippen LogP contribution is 2.41. The molecular weight excluding hydrogens is 370 g/mol. The summed E-state index contributed by atoms with van der Waals surface area (Å²) in [5.41, 5.74) is 1.02. The molecule has 1 aliphatic carbocycles. The zero-order valence-corrected chi connectivity index (χ0v) is 16.3. The quantitative estimate of drug-likeness (QED) is 0.850. The molecule has 7 heteroatoms. The lowest BCUT2D eigenvalue weighted by molar-refractivity contribution is -0.0520. The molecule has 5 nitrogen and oxygen atoms in total. The van der Waals surface area contributed by atoms with E-state index in [2.05, 4.69) is 9.80 Å². The number of rotatable bonds is 2. The van der Waals surface area contributed by atoms with E-state index in [0.29, 0.717) is 11.8 Å². The van der Waals surface area contributed by atoms with Gasteiger partial charge in [0.25, 0.3) is 0 Å². The molecule has 3 heterocycles. The summed E-state index contributed by atoms with van der Waals surface area (Å²) in [5, 5.41) is 12.6. The molecule has 1 saturated carbocycles. The number of hydrogen-bond acceptors (Lipinski definition) is 6. The lowest BCUT2D eigenvalue weighted by atomic mass is 9.77. The Morgan fingerprint density at radius 2 is 1.92 bits per heavy atom. The predicted molar refractivity (Wildman–Crippen MR) is 105 cm³/mol. The number of morpholine rings is 1. The summed E-state index contributed by atoms with van der Waals surface area (Å²) in [6, 6.07) is 6.19. The molecule has 140 valence electrons. The minimum atomic E-state index is -0.219. The Balaban J connectivity index is 1.32. The molecule has 1 N–H and O–H groups in total. The van der Waals surface area contributed by atoms with Gasteiger partial charge in [-0.2, -0.15) is 0 Å². The summed E-state index contributed by atoms with van der Waals surface area (Å²) in [6.45, 7) is 5.52. The molecular formula is C19H24ClN3O2S. The van der Waals surface area contributed by atoms with Crippen molar-refractivity contribution >= 4 is 38.3 Å². The highest BCUT2D eigenvalue weighted by Gasteiger charge is 2.44. The lowest BCUT2D eigenvalue weighted by Gasteiger charge is -2.43. The Labute approximate surface area is 162 Å². The van der Waals surface area contributed by atoms with Crippen molar-refractivity contribution in [1.82, 2.24) is 9.88 Å². The van der Waals surface area contributed by atoms with Crippen molar-refractivity contribution in [3.63, 3.8) is 0 Å². The van der Waals surface area contributed by atoms with E-state index < -0.39 is 0 Å². The molecule has 0 unspecified atom stereocenters. The molecule has 26 heavy (non-hydrogen) atoms. The normalized spacial score (nSPS) is 32.9. The average molecular weight is 394 g/mol. The Morgan fingerprint density at radius 1 is 1.15 bits per heavy atom. The van der Waals surface area contributed by atoms with Gasteiger partial charge in [0.2, 0.25) is 0 Å². The fourth-order valence-corrected chi connectivity index (χ4v) is 6.15. The first-order chi connectivity index (χ1) is 12.7. The van der Waals surface area contributed by atoms with Gasteiger partial charge in [0.1, 0.15) is 0 Å². The maximum absolute atomic E-state index is 10.7. The molecule has 3 fully saturated rings. The van der Waals surface area contributed by atoms with Crippen LogP contribution in [-0.2, 0) is 4.74 Å². The van der Waals surface area contributed by atoms with Crippen molar-refractivity contribution in [3.8, 4) is 0 Å². The van der Waals surface area contributed by atoms with Crippen LogP contribution in [-0.4, -0.2) is 66.5 Å². The first-order valence-corrected chi connectivity index (χ1v) is 10.7. The Bertz CT molecular complexity index is 794. The van der Waals surface area contributed by atoms with Crippen LogP contribution in [0.1, 0.15) is 12.8 Å². The number of ether oxygens (including phenoxy) is 1. The third-order valence-corrected chi connectivity index (χ3v) is 7.55. The lowest BCUT2D eigenvalue weighted by Crippen LogP contribution is -2.53. The summed E-state index contributed by atoms with van der Waals surface area (Å²) in [7, 11) is 0. The van der Waals surface area contributed by atoms with Crippen LogP contribution in [0, 0.1) is 11.8 Å². The topological polar surface area (TPSA) is 48.8 Å². The van der Waals surface area contributed by atoms with Gasteiger partial charge in [-0.15, -0.1) is 0 Å². The van der Waals surface area contributed by atoms with E-state index in [4.69, 9.17) is 21.3 Å². The molecule has 3 aliphatic rings. The van der Waals surface area contributed by atoms with Gasteiger partial charge in [0, 0.05) is 37.2 Å². The van der Waals surface area contributed by atoms with Crippen LogP contribution < -0.4 is 4.90 Å². The van der Waals surface area contributed by atoms with Crippen LogP contribution in [0.2, 0.25) is 5.02 Å². The van der Waals surface area contributed by atoms with Crippen LogP contribution in [0.4, 0.5) is 5.13 Å².